The number of rotatable bonds is 0. The summed E-state index contributed by atoms with van der Waals surface area (Å²) < 4.78 is 11.6. The standard InChI is InChI=1S/C10H10OS/c1-8-6-7-9-4-2-3-5-10(9)12(8)11/h2-5H,1,6-7H2. The maximum absolute atomic E-state index is 11.6. The lowest BCUT2D eigenvalue weighted by molar-refractivity contribution is 0.681. The van der Waals surface area contributed by atoms with E-state index in [9.17, 15) is 4.21 Å². The van der Waals surface area contributed by atoms with Gasteiger partial charge in [-0.05, 0) is 24.5 Å². The van der Waals surface area contributed by atoms with Crippen molar-refractivity contribution in [2.45, 2.75) is 17.7 Å². The molecule has 1 unspecified atom stereocenters. The minimum atomic E-state index is -0.954. The largest absolute Gasteiger partial charge is 0.249 e. The van der Waals surface area contributed by atoms with Crippen molar-refractivity contribution >= 4 is 10.8 Å². The molecule has 0 aromatic heterocycles. The third kappa shape index (κ3) is 1.12. The molecule has 1 aliphatic heterocycles. The molecule has 0 bridgehead atoms. The second kappa shape index (κ2) is 2.87. The van der Waals surface area contributed by atoms with Crippen molar-refractivity contribution in [1.29, 1.82) is 0 Å². The van der Waals surface area contributed by atoms with Crippen LogP contribution in [0.3, 0.4) is 0 Å². The van der Waals surface area contributed by atoms with Crippen LogP contribution < -0.4 is 0 Å². The predicted octanol–water partition coefficient (Wildman–Crippen LogP) is 2.25. The second-order valence-electron chi connectivity index (χ2n) is 2.92. The molecule has 0 amide bonds. The van der Waals surface area contributed by atoms with Crippen molar-refractivity contribution in [1.82, 2.24) is 0 Å². The number of aryl methyl sites for hydroxylation is 1. The van der Waals surface area contributed by atoms with Crippen molar-refractivity contribution in [3.63, 3.8) is 0 Å². The summed E-state index contributed by atoms with van der Waals surface area (Å²) in [5.74, 6) is 0. The van der Waals surface area contributed by atoms with Crippen LogP contribution in [-0.4, -0.2) is 4.21 Å². The average molecular weight is 178 g/mol. The highest BCUT2D eigenvalue weighted by Gasteiger charge is 2.17. The first kappa shape index (κ1) is 7.74. The van der Waals surface area contributed by atoms with Gasteiger partial charge in [-0.1, -0.05) is 24.8 Å². The Hall–Kier alpha value is -0.890. The number of fused-ring (bicyclic) bond motifs is 1. The van der Waals surface area contributed by atoms with E-state index in [1.807, 2.05) is 24.3 Å². The van der Waals surface area contributed by atoms with Gasteiger partial charge in [-0.25, -0.2) is 4.21 Å². The Kier molecular flexibility index (Phi) is 1.85. The summed E-state index contributed by atoms with van der Waals surface area (Å²) in [7, 11) is -0.954. The van der Waals surface area contributed by atoms with E-state index in [-0.39, 0.29) is 0 Å². The Balaban J connectivity index is 2.56. The van der Waals surface area contributed by atoms with E-state index >= 15 is 0 Å². The first-order valence-corrected chi connectivity index (χ1v) is 5.11. The third-order valence-electron chi connectivity index (χ3n) is 2.11. The summed E-state index contributed by atoms with van der Waals surface area (Å²) in [6.07, 6.45) is 1.85. The average Bonchev–Trinajstić information content (AvgIpc) is 2.12. The molecule has 0 saturated carbocycles. The molecule has 2 rings (SSSR count). The van der Waals surface area contributed by atoms with Gasteiger partial charge < -0.3 is 0 Å². The van der Waals surface area contributed by atoms with Crippen molar-refractivity contribution in [2.75, 3.05) is 0 Å². The normalized spacial score (nSPS) is 22.0. The molecule has 1 heterocycles. The topological polar surface area (TPSA) is 17.1 Å². The SMILES string of the molecule is C=C1CCc2ccccc2S1=O. The van der Waals surface area contributed by atoms with Crippen LogP contribution in [0.5, 0.6) is 0 Å². The molecule has 1 aromatic carbocycles. The third-order valence-corrected chi connectivity index (χ3v) is 3.63. The first-order chi connectivity index (χ1) is 5.79. The zero-order chi connectivity index (χ0) is 8.55. The van der Waals surface area contributed by atoms with Gasteiger partial charge in [0.15, 0.2) is 0 Å². The van der Waals surface area contributed by atoms with Crippen molar-refractivity contribution in [3.05, 3.63) is 41.3 Å². The van der Waals surface area contributed by atoms with Crippen LogP contribution in [0.25, 0.3) is 0 Å². The van der Waals surface area contributed by atoms with Gasteiger partial charge in [-0.15, -0.1) is 0 Å². The van der Waals surface area contributed by atoms with E-state index in [1.54, 1.807) is 0 Å². The second-order valence-corrected chi connectivity index (χ2v) is 4.47. The van der Waals surface area contributed by atoms with Crippen LogP contribution in [-0.2, 0) is 17.2 Å². The van der Waals surface area contributed by atoms with Gasteiger partial charge in [-0.3, -0.25) is 0 Å². The molecule has 1 atom stereocenters. The fraction of sp³-hybridized carbons (Fsp3) is 0.200. The van der Waals surface area contributed by atoms with Crippen LogP contribution >= 0.6 is 0 Å². The lowest BCUT2D eigenvalue weighted by Gasteiger charge is -2.16. The molecule has 0 saturated heterocycles. The quantitative estimate of drug-likeness (QED) is 0.595. The van der Waals surface area contributed by atoms with Gasteiger partial charge in [0.05, 0.1) is 10.8 Å². The van der Waals surface area contributed by atoms with Gasteiger partial charge in [0.25, 0.3) is 0 Å². The van der Waals surface area contributed by atoms with Crippen LogP contribution in [0.1, 0.15) is 12.0 Å². The summed E-state index contributed by atoms with van der Waals surface area (Å²) in [4.78, 5) is 1.81. The fourth-order valence-corrected chi connectivity index (χ4v) is 2.62. The van der Waals surface area contributed by atoms with Crippen molar-refractivity contribution < 1.29 is 4.21 Å². The van der Waals surface area contributed by atoms with E-state index in [2.05, 4.69) is 6.58 Å². The van der Waals surface area contributed by atoms with Crippen LogP contribution in [0.4, 0.5) is 0 Å². The van der Waals surface area contributed by atoms with E-state index in [0.717, 1.165) is 22.6 Å². The van der Waals surface area contributed by atoms with Crippen molar-refractivity contribution in [3.8, 4) is 0 Å². The molecule has 1 aliphatic rings. The maximum Gasteiger partial charge on any atom is 0.0805 e. The number of hydrogen-bond acceptors (Lipinski definition) is 1. The molecule has 0 N–H and O–H groups in total. The Morgan fingerprint density at radius 2 is 2.00 bits per heavy atom. The van der Waals surface area contributed by atoms with Gasteiger partial charge in [0.1, 0.15) is 0 Å². The molecule has 1 aromatic rings. The zero-order valence-corrected chi connectivity index (χ0v) is 7.56. The Labute approximate surface area is 74.6 Å². The maximum atomic E-state index is 11.6. The van der Waals surface area contributed by atoms with Crippen molar-refractivity contribution in [2.24, 2.45) is 0 Å². The van der Waals surface area contributed by atoms with Gasteiger partial charge in [0.2, 0.25) is 0 Å². The molecule has 0 fully saturated rings. The lowest BCUT2D eigenvalue weighted by atomic mass is 10.1. The number of hydrogen-bond donors (Lipinski definition) is 0. The molecule has 2 heteroatoms. The van der Waals surface area contributed by atoms with E-state index in [1.165, 1.54) is 5.56 Å². The molecule has 0 spiro atoms. The summed E-state index contributed by atoms with van der Waals surface area (Å²) in [5, 5.41) is 0. The van der Waals surface area contributed by atoms with Crippen LogP contribution in [0, 0.1) is 0 Å². The van der Waals surface area contributed by atoms with E-state index in [0.29, 0.717) is 0 Å². The summed E-state index contributed by atoms with van der Waals surface area (Å²) in [6.45, 7) is 3.79. The Morgan fingerprint density at radius 1 is 1.25 bits per heavy atom. The van der Waals surface area contributed by atoms with Gasteiger partial charge in [-0.2, -0.15) is 0 Å². The van der Waals surface area contributed by atoms with E-state index in [4.69, 9.17) is 0 Å². The van der Waals surface area contributed by atoms with Crippen LogP contribution in [0.15, 0.2) is 40.6 Å². The minimum Gasteiger partial charge on any atom is -0.249 e. The van der Waals surface area contributed by atoms with E-state index < -0.39 is 10.8 Å². The monoisotopic (exact) mass is 178 g/mol. The lowest BCUT2D eigenvalue weighted by Crippen LogP contribution is -2.07. The van der Waals surface area contributed by atoms with Crippen LogP contribution in [0.2, 0.25) is 0 Å². The fourth-order valence-electron chi connectivity index (χ4n) is 1.41. The molecular weight excluding hydrogens is 168 g/mol. The number of allylic oxidation sites excluding steroid dienone is 1. The number of benzene rings is 1. The molecule has 0 radical (unpaired) electrons. The molecule has 12 heavy (non-hydrogen) atoms. The summed E-state index contributed by atoms with van der Waals surface area (Å²) in [6, 6.07) is 7.88. The Bertz CT molecular complexity index is 355. The van der Waals surface area contributed by atoms with Gasteiger partial charge in [0, 0.05) is 9.80 Å². The summed E-state index contributed by atoms with van der Waals surface area (Å²) in [5.41, 5.74) is 1.21. The highest BCUT2D eigenvalue weighted by Crippen LogP contribution is 2.27. The predicted molar refractivity (Wildman–Crippen MR) is 50.3 cm³/mol. The minimum absolute atomic E-state index is 0.855. The highest BCUT2D eigenvalue weighted by molar-refractivity contribution is 7.89. The van der Waals surface area contributed by atoms with Gasteiger partial charge >= 0.3 is 0 Å². The summed E-state index contributed by atoms with van der Waals surface area (Å²) >= 11 is 0. The smallest absolute Gasteiger partial charge is 0.0805 e. The zero-order valence-electron chi connectivity index (χ0n) is 6.75. The molecule has 1 nitrogen and oxygen atoms in total. The molecule has 62 valence electrons. The molecular formula is C10H10OS. The first-order valence-electron chi connectivity index (χ1n) is 3.96. The highest BCUT2D eigenvalue weighted by atomic mass is 32.2. The molecule has 0 aliphatic carbocycles. The Morgan fingerprint density at radius 3 is 2.83 bits per heavy atom.